The van der Waals surface area contributed by atoms with E-state index in [9.17, 15) is 9.59 Å². The second-order valence-corrected chi connectivity index (χ2v) is 5.22. The maximum Gasteiger partial charge on any atom is 0.323 e. The Kier molecular flexibility index (Phi) is 7.39. The first kappa shape index (κ1) is 16.7. The summed E-state index contributed by atoms with van der Waals surface area (Å²) in [6.07, 6.45) is 1.98. The van der Waals surface area contributed by atoms with E-state index in [1.54, 1.807) is 0 Å². The normalized spacial score (nSPS) is 14.1. The van der Waals surface area contributed by atoms with Crippen molar-refractivity contribution in [1.82, 2.24) is 10.2 Å². The number of hydrogen-bond donors (Lipinski definition) is 2. The van der Waals surface area contributed by atoms with Crippen molar-refractivity contribution in [2.45, 2.75) is 59.5 Å². The molecule has 2 N–H and O–H groups in total. The van der Waals surface area contributed by atoms with E-state index in [-0.39, 0.29) is 24.7 Å². The number of carbonyl (C=O) groups excluding carboxylic acids is 1. The lowest BCUT2D eigenvalue weighted by Gasteiger charge is -2.27. The van der Waals surface area contributed by atoms with Gasteiger partial charge in [-0.15, -0.1) is 0 Å². The topological polar surface area (TPSA) is 69.6 Å². The van der Waals surface area contributed by atoms with Gasteiger partial charge in [0.15, 0.2) is 0 Å². The third kappa shape index (κ3) is 6.47. The lowest BCUT2D eigenvalue weighted by molar-refractivity contribution is -0.138. The second kappa shape index (κ2) is 7.95. The molecular weight excluding hydrogens is 232 g/mol. The Bertz CT molecular complexity index is 279. The molecular formula is C13H26N2O3. The van der Waals surface area contributed by atoms with Crippen LogP contribution in [0.5, 0.6) is 0 Å². The third-order valence-corrected chi connectivity index (χ3v) is 3.01. The van der Waals surface area contributed by atoms with Crippen molar-refractivity contribution < 1.29 is 14.7 Å². The van der Waals surface area contributed by atoms with Crippen LogP contribution >= 0.6 is 0 Å². The van der Waals surface area contributed by atoms with Crippen molar-refractivity contribution in [2.75, 3.05) is 6.54 Å². The number of carboxylic acid groups (broad SMARTS) is 1. The highest BCUT2D eigenvalue weighted by Crippen LogP contribution is 2.10. The Morgan fingerprint density at radius 1 is 1.22 bits per heavy atom. The quantitative estimate of drug-likeness (QED) is 0.736. The molecule has 0 saturated heterocycles. The van der Waals surface area contributed by atoms with E-state index >= 15 is 0 Å². The monoisotopic (exact) mass is 258 g/mol. The number of carboxylic acids is 1. The number of amides is 2. The predicted octanol–water partition coefficient (Wildman–Crippen LogP) is 2.32. The second-order valence-electron chi connectivity index (χ2n) is 5.22. The van der Waals surface area contributed by atoms with Crippen LogP contribution in [0.25, 0.3) is 0 Å². The predicted molar refractivity (Wildman–Crippen MR) is 71.5 cm³/mol. The Morgan fingerprint density at radius 2 is 1.78 bits per heavy atom. The maximum absolute atomic E-state index is 12.0. The number of hydrogen-bond acceptors (Lipinski definition) is 2. The summed E-state index contributed by atoms with van der Waals surface area (Å²) in [4.78, 5) is 24.0. The average molecular weight is 258 g/mol. The summed E-state index contributed by atoms with van der Waals surface area (Å²) in [5.74, 6) is -0.444. The summed E-state index contributed by atoms with van der Waals surface area (Å²) in [5.41, 5.74) is 0. The number of urea groups is 1. The third-order valence-electron chi connectivity index (χ3n) is 3.01. The average Bonchev–Trinajstić information content (AvgIpc) is 2.24. The molecule has 0 aliphatic carbocycles. The Labute approximate surface area is 110 Å². The van der Waals surface area contributed by atoms with E-state index in [0.717, 1.165) is 12.8 Å². The van der Waals surface area contributed by atoms with Crippen LogP contribution in [0.3, 0.4) is 0 Å². The first-order valence-corrected chi connectivity index (χ1v) is 6.56. The van der Waals surface area contributed by atoms with Crippen molar-refractivity contribution in [1.29, 1.82) is 0 Å². The highest BCUT2D eigenvalue weighted by molar-refractivity contribution is 5.80. The SMILES string of the molecule is CCC(C)CC(C)NC(=O)N(CC(=O)O)C(C)C. The van der Waals surface area contributed by atoms with Crippen LogP contribution in [-0.4, -0.2) is 40.6 Å². The highest BCUT2D eigenvalue weighted by atomic mass is 16.4. The zero-order valence-electron chi connectivity index (χ0n) is 12.1. The number of nitrogens with zero attached hydrogens (tertiary/aromatic N) is 1. The molecule has 0 rings (SSSR count). The summed E-state index contributed by atoms with van der Waals surface area (Å²) < 4.78 is 0. The van der Waals surface area contributed by atoms with E-state index in [1.807, 2.05) is 20.8 Å². The van der Waals surface area contributed by atoms with Crippen molar-refractivity contribution in [3.8, 4) is 0 Å². The van der Waals surface area contributed by atoms with Gasteiger partial charge in [-0.1, -0.05) is 20.3 Å². The van der Waals surface area contributed by atoms with Crippen LogP contribution in [-0.2, 0) is 4.79 Å². The Hall–Kier alpha value is -1.26. The van der Waals surface area contributed by atoms with Crippen LogP contribution in [0, 0.1) is 5.92 Å². The fraction of sp³-hybridized carbons (Fsp3) is 0.846. The van der Waals surface area contributed by atoms with Crippen molar-refractivity contribution in [2.24, 2.45) is 5.92 Å². The molecule has 0 fully saturated rings. The number of nitrogens with one attached hydrogen (secondary N) is 1. The fourth-order valence-corrected chi connectivity index (χ4v) is 1.76. The van der Waals surface area contributed by atoms with Gasteiger partial charge in [0.2, 0.25) is 0 Å². The van der Waals surface area contributed by atoms with E-state index < -0.39 is 5.97 Å². The minimum absolute atomic E-state index is 0.0579. The van der Waals surface area contributed by atoms with Gasteiger partial charge in [0.1, 0.15) is 6.54 Å². The van der Waals surface area contributed by atoms with Crippen molar-refractivity contribution in [3.05, 3.63) is 0 Å². The molecule has 0 bridgehead atoms. The zero-order valence-corrected chi connectivity index (χ0v) is 12.1. The molecule has 106 valence electrons. The molecule has 0 heterocycles. The van der Waals surface area contributed by atoms with E-state index in [1.165, 1.54) is 4.90 Å². The first-order valence-electron chi connectivity index (χ1n) is 6.56. The number of aliphatic carboxylic acids is 1. The van der Waals surface area contributed by atoms with Gasteiger partial charge >= 0.3 is 12.0 Å². The number of rotatable bonds is 7. The van der Waals surface area contributed by atoms with Gasteiger partial charge < -0.3 is 15.3 Å². The molecule has 2 unspecified atom stereocenters. The molecule has 0 aromatic carbocycles. The molecule has 2 amide bonds. The van der Waals surface area contributed by atoms with Gasteiger partial charge in [-0.3, -0.25) is 4.79 Å². The maximum atomic E-state index is 12.0. The summed E-state index contributed by atoms with van der Waals surface area (Å²) in [7, 11) is 0. The molecule has 0 radical (unpaired) electrons. The highest BCUT2D eigenvalue weighted by Gasteiger charge is 2.21. The first-order chi connectivity index (χ1) is 8.27. The molecule has 0 spiro atoms. The van der Waals surface area contributed by atoms with Gasteiger partial charge in [0.05, 0.1) is 0 Å². The van der Waals surface area contributed by atoms with Crippen LogP contribution in [0.4, 0.5) is 4.79 Å². The molecule has 2 atom stereocenters. The summed E-state index contributed by atoms with van der Waals surface area (Å²) in [5, 5.41) is 11.6. The molecule has 0 aromatic rings. The van der Waals surface area contributed by atoms with Crippen LogP contribution < -0.4 is 5.32 Å². The molecule has 0 aromatic heterocycles. The number of carbonyl (C=O) groups is 2. The summed E-state index contributed by atoms with van der Waals surface area (Å²) in [6, 6.07) is -0.373. The van der Waals surface area contributed by atoms with E-state index in [0.29, 0.717) is 5.92 Å². The van der Waals surface area contributed by atoms with Crippen molar-refractivity contribution >= 4 is 12.0 Å². The largest absolute Gasteiger partial charge is 0.480 e. The van der Waals surface area contributed by atoms with Crippen LogP contribution in [0.1, 0.15) is 47.5 Å². The Balaban J connectivity index is 4.37. The fourth-order valence-electron chi connectivity index (χ4n) is 1.76. The molecule has 5 heteroatoms. The zero-order chi connectivity index (χ0) is 14.3. The molecule has 18 heavy (non-hydrogen) atoms. The Morgan fingerprint density at radius 3 is 2.17 bits per heavy atom. The van der Waals surface area contributed by atoms with E-state index in [2.05, 4.69) is 19.2 Å². The van der Waals surface area contributed by atoms with Gasteiger partial charge in [0, 0.05) is 12.1 Å². The molecule has 0 aliphatic rings. The van der Waals surface area contributed by atoms with Gasteiger partial charge in [-0.2, -0.15) is 0 Å². The smallest absolute Gasteiger partial charge is 0.323 e. The minimum atomic E-state index is -0.992. The van der Waals surface area contributed by atoms with Gasteiger partial charge in [0.25, 0.3) is 0 Å². The van der Waals surface area contributed by atoms with Gasteiger partial charge in [-0.05, 0) is 33.1 Å². The molecule has 0 saturated carbocycles. The minimum Gasteiger partial charge on any atom is -0.480 e. The lowest BCUT2D eigenvalue weighted by atomic mass is 10.0. The summed E-state index contributed by atoms with van der Waals surface area (Å²) in [6.45, 7) is 9.55. The van der Waals surface area contributed by atoms with Crippen molar-refractivity contribution in [3.63, 3.8) is 0 Å². The molecule has 5 nitrogen and oxygen atoms in total. The standard InChI is InChI=1S/C13H26N2O3/c1-6-10(4)7-11(5)14-13(18)15(9(2)3)8-12(16)17/h9-11H,6-8H2,1-5H3,(H,14,18)(H,16,17). The lowest BCUT2D eigenvalue weighted by Crippen LogP contribution is -2.49. The van der Waals surface area contributed by atoms with Gasteiger partial charge in [-0.25, -0.2) is 4.79 Å². The molecule has 0 aliphatic heterocycles. The van der Waals surface area contributed by atoms with E-state index in [4.69, 9.17) is 5.11 Å². The van der Waals surface area contributed by atoms with Crippen LogP contribution in [0.15, 0.2) is 0 Å². The summed E-state index contributed by atoms with van der Waals surface area (Å²) >= 11 is 0. The van der Waals surface area contributed by atoms with Crippen LogP contribution in [0.2, 0.25) is 0 Å².